The lowest BCUT2D eigenvalue weighted by atomic mass is 9.49. The number of nitrogens with zero attached hydrogens (tertiary/aromatic N) is 3. The summed E-state index contributed by atoms with van der Waals surface area (Å²) in [5.74, 6) is 2.93. The highest BCUT2D eigenvalue weighted by Gasteiger charge is 2.51. The van der Waals surface area contributed by atoms with Crippen molar-refractivity contribution < 1.29 is 0 Å². The third-order valence-electron chi connectivity index (χ3n) is 6.16. The van der Waals surface area contributed by atoms with Crippen LogP contribution in [-0.4, -0.2) is 19.5 Å². The highest BCUT2D eigenvalue weighted by molar-refractivity contribution is 5.70. The minimum atomic E-state index is -0.244. The van der Waals surface area contributed by atoms with E-state index in [1.54, 1.807) is 6.33 Å². The van der Waals surface area contributed by atoms with E-state index >= 15 is 0 Å². The van der Waals surface area contributed by atoms with Crippen molar-refractivity contribution in [2.24, 2.45) is 23.2 Å². The van der Waals surface area contributed by atoms with Gasteiger partial charge in [-0.15, -0.1) is 0 Å². The molecule has 6 nitrogen and oxygen atoms in total. The average Bonchev–Trinajstić information content (AvgIpc) is 2.80. The van der Waals surface area contributed by atoms with E-state index < -0.39 is 0 Å². The quantitative estimate of drug-likeness (QED) is 0.886. The van der Waals surface area contributed by atoms with Gasteiger partial charge in [-0.3, -0.25) is 9.78 Å². The summed E-state index contributed by atoms with van der Waals surface area (Å²) < 4.78 is 2.06. The first-order valence-corrected chi connectivity index (χ1v) is 8.31. The first-order valence-electron chi connectivity index (χ1n) is 8.31. The SMILES string of the molecule is Nc1nc2c(ncn2CC23CC4CC(CC(C4)C2)C3)c(=O)[nH]1. The zero-order chi connectivity index (χ0) is 14.9. The van der Waals surface area contributed by atoms with Crippen LogP contribution in [0.1, 0.15) is 38.5 Å². The van der Waals surface area contributed by atoms with Gasteiger partial charge in [-0.2, -0.15) is 4.98 Å². The molecule has 4 saturated carbocycles. The van der Waals surface area contributed by atoms with Gasteiger partial charge in [-0.25, -0.2) is 4.98 Å². The van der Waals surface area contributed by atoms with E-state index in [1.807, 2.05) is 0 Å². The maximum absolute atomic E-state index is 11.9. The monoisotopic (exact) mass is 299 g/mol. The van der Waals surface area contributed by atoms with Crippen molar-refractivity contribution in [2.45, 2.75) is 45.1 Å². The van der Waals surface area contributed by atoms with Crippen LogP contribution in [0.3, 0.4) is 0 Å². The molecule has 6 rings (SSSR count). The molecule has 2 aromatic rings. The minimum absolute atomic E-state index is 0.171. The number of nitrogens with one attached hydrogen (secondary N) is 1. The Bertz CT molecular complexity index is 769. The van der Waals surface area contributed by atoms with Crippen LogP contribution in [0.2, 0.25) is 0 Å². The van der Waals surface area contributed by atoms with Gasteiger partial charge in [-0.05, 0) is 61.7 Å². The summed E-state index contributed by atoms with van der Waals surface area (Å²) in [4.78, 5) is 23.0. The molecule has 0 amide bonds. The lowest BCUT2D eigenvalue weighted by molar-refractivity contribution is -0.0614. The van der Waals surface area contributed by atoms with Crippen LogP contribution in [0.25, 0.3) is 11.2 Å². The molecule has 6 heteroatoms. The summed E-state index contributed by atoms with van der Waals surface area (Å²) in [6.45, 7) is 0.933. The lowest BCUT2D eigenvalue weighted by Crippen LogP contribution is -2.47. The highest BCUT2D eigenvalue weighted by Crippen LogP contribution is 2.60. The summed E-state index contributed by atoms with van der Waals surface area (Å²) in [5.41, 5.74) is 6.89. The molecule has 0 saturated heterocycles. The summed E-state index contributed by atoms with van der Waals surface area (Å²) in [7, 11) is 0. The van der Waals surface area contributed by atoms with Crippen molar-refractivity contribution in [3.05, 3.63) is 16.7 Å². The van der Waals surface area contributed by atoms with Gasteiger partial charge in [-0.1, -0.05) is 0 Å². The first-order chi connectivity index (χ1) is 10.6. The number of aromatic amines is 1. The smallest absolute Gasteiger partial charge is 0.280 e. The number of nitrogens with two attached hydrogens (primary N) is 1. The molecule has 0 spiro atoms. The van der Waals surface area contributed by atoms with Crippen molar-refractivity contribution in [1.82, 2.24) is 19.5 Å². The van der Waals surface area contributed by atoms with E-state index in [2.05, 4.69) is 19.5 Å². The molecule has 2 heterocycles. The number of hydrogen-bond donors (Lipinski definition) is 2. The number of nitrogen functional groups attached to an aromatic ring is 1. The molecule has 4 aliphatic rings. The van der Waals surface area contributed by atoms with Crippen LogP contribution in [0.5, 0.6) is 0 Å². The molecular formula is C16H21N5O. The molecular weight excluding hydrogens is 278 g/mol. The fourth-order valence-corrected chi connectivity index (χ4v) is 5.93. The van der Waals surface area contributed by atoms with Gasteiger partial charge >= 0.3 is 0 Å². The predicted octanol–water partition coefficient (Wildman–Crippen LogP) is 1.92. The molecule has 22 heavy (non-hydrogen) atoms. The Kier molecular flexibility index (Phi) is 2.37. The minimum Gasteiger partial charge on any atom is -0.369 e. The molecule has 2 aromatic heterocycles. The molecule has 4 aliphatic carbocycles. The standard InChI is InChI=1S/C16H21N5O/c17-15-19-13-12(14(22)20-15)18-8-21(13)7-16-4-9-1-10(5-16)3-11(2-9)6-16/h8-11H,1-7H2,(H3,17,19,20,22). The Morgan fingerprint density at radius 1 is 1.23 bits per heavy atom. The van der Waals surface area contributed by atoms with Crippen LogP contribution < -0.4 is 11.3 Å². The van der Waals surface area contributed by atoms with Gasteiger partial charge in [0.2, 0.25) is 5.95 Å². The summed E-state index contributed by atoms with van der Waals surface area (Å²) >= 11 is 0. The highest BCUT2D eigenvalue weighted by atomic mass is 16.1. The maximum Gasteiger partial charge on any atom is 0.280 e. The van der Waals surface area contributed by atoms with Crippen molar-refractivity contribution in [3.8, 4) is 0 Å². The van der Waals surface area contributed by atoms with E-state index in [0.717, 1.165) is 24.3 Å². The van der Waals surface area contributed by atoms with Crippen molar-refractivity contribution in [1.29, 1.82) is 0 Å². The van der Waals surface area contributed by atoms with Crippen molar-refractivity contribution in [3.63, 3.8) is 0 Å². The van der Waals surface area contributed by atoms with Crippen molar-refractivity contribution in [2.75, 3.05) is 5.73 Å². The fraction of sp³-hybridized carbons (Fsp3) is 0.688. The zero-order valence-corrected chi connectivity index (χ0v) is 12.6. The molecule has 0 atom stereocenters. The summed E-state index contributed by atoms with van der Waals surface area (Å²) in [6, 6.07) is 0. The summed E-state index contributed by atoms with van der Waals surface area (Å²) in [6.07, 6.45) is 10.1. The van der Waals surface area contributed by atoms with Crippen LogP contribution in [-0.2, 0) is 6.54 Å². The number of H-pyrrole nitrogens is 1. The number of fused-ring (bicyclic) bond motifs is 1. The Morgan fingerprint density at radius 3 is 2.50 bits per heavy atom. The third kappa shape index (κ3) is 1.76. The lowest BCUT2D eigenvalue weighted by Gasteiger charge is -2.57. The van der Waals surface area contributed by atoms with Gasteiger partial charge in [0.05, 0.1) is 6.33 Å². The van der Waals surface area contributed by atoms with Gasteiger partial charge in [0.25, 0.3) is 5.56 Å². The normalized spacial score (nSPS) is 36.3. The molecule has 0 unspecified atom stereocenters. The van der Waals surface area contributed by atoms with Gasteiger partial charge in [0.1, 0.15) is 0 Å². The number of hydrogen-bond acceptors (Lipinski definition) is 4. The fourth-order valence-electron chi connectivity index (χ4n) is 5.93. The molecule has 4 bridgehead atoms. The van der Waals surface area contributed by atoms with E-state index in [4.69, 9.17) is 5.73 Å². The van der Waals surface area contributed by atoms with Gasteiger partial charge in [0.15, 0.2) is 11.2 Å². The zero-order valence-electron chi connectivity index (χ0n) is 12.6. The van der Waals surface area contributed by atoms with Crippen LogP contribution >= 0.6 is 0 Å². The molecule has 116 valence electrons. The van der Waals surface area contributed by atoms with Crippen LogP contribution in [0, 0.1) is 23.2 Å². The second kappa shape index (κ2) is 4.12. The van der Waals surface area contributed by atoms with Crippen molar-refractivity contribution >= 4 is 17.1 Å². The first kappa shape index (κ1) is 12.7. The Morgan fingerprint density at radius 2 is 1.86 bits per heavy atom. The molecule has 3 N–H and O–H groups in total. The van der Waals surface area contributed by atoms with Gasteiger partial charge in [0, 0.05) is 6.54 Å². The molecule has 0 radical (unpaired) electrons. The number of imidazole rings is 1. The second-order valence-corrected chi connectivity index (χ2v) is 7.91. The van der Waals surface area contributed by atoms with Crippen LogP contribution in [0.4, 0.5) is 5.95 Å². The molecule has 4 fully saturated rings. The Hall–Kier alpha value is -1.85. The Balaban J connectivity index is 1.55. The predicted molar refractivity (Wildman–Crippen MR) is 83.2 cm³/mol. The topological polar surface area (TPSA) is 89.6 Å². The van der Waals surface area contributed by atoms with E-state index in [-0.39, 0.29) is 11.5 Å². The van der Waals surface area contributed by atoms with Gasteiger partial charge < -0.3 is 10.3 Å². The summed E-state index contributed by atoms with van der Waals surface area (Å²) in [5, 5.41) is 0. The Labute approximate surface area is 128 Å². The van der Waals surface area contributed by atoms with Crippen LogP contribution in [0.15, 0.2) is 11.1 Å². The van der Waals surface area contributed by atoms with E-state index in [9.17, 15) is 4.79 Å². The number of rotatable bonds is 2. The second-order valence-electron chi connectivity index (χ2n) is 7.91. The maximum atomic E-state index is 11.9. The molecule has 0 aromatic carbocycles. The molecule has 0 aliphatic heterocycles. The largest absolute Gasteiger partial charge is 0.369 e. The third-order valence-corrected chi connectivity index (χ3v) is 6.16. The van der Waals surface area contributed by atoms with E-state index in [0.29, 0.717) is 16.6 Å². The average molecular weight is 299 g/mol. The number of anilines is 1. The van der Waals surface area contributed by atoms with E-state index in [1.165, 1.54) is 38.5 Å². The number of aromatic nitrogens is 4.